The molecule has 0 radical (unpaired) electrons. The number of aryl methyl sites for hydroxylation is 1. The van der Waals surface area contributed by atoms with Crippen LogP contribution in [0.15, 0.2) is 66.7 Å². The van der Waals surface area contributed by atoms with Crippen molar-refractivity contribution < 1.29 is 4.74 Å². The summed E-state index contributed by atoms with van der Waals surface area (Å²) in [6.45, 7) is 3.27. The lowest BCUT2D eigenvalue weighted by molar-refractivity contribution is 0.306. The maximum Gasteiger partial charge on any atom is 0.119 e. The smallest absolute Gasteiger partial charge is 0.119 e. The average Bonchev–Trinajstić information content (AvgIpc) is 2.60. The maximum absolute atomic E-state index is 6.16. The molecule has 0 bridgehead atoms. The second kappa shape index (κ2) is 8.28. The van der Waals surface area contributed by atoms with E-state index in [2.05, 4.69) is 48.6 Å². The average molecular weight is 372 g/mol. The molecule has 0 saturated carbocycles. The third kappa shape index (κ3) is 5.15. The van der Waals surface area contributed by atoms with Crippen LogP contribution in [-0.4, -0.2) is 0 Å². The number of halogens is 2. The molecule has 0 heterocycles. The van der Waals surface area contributed by atoms with E-state index in [1.807, 2.05) is 24.3 Å². The summed E-state index contributed by atoms with van der Waals surface area (Å²) in [5, 5.41) is 4.66. The molecule has 3 aromatic rings. The van der Waals surface area contributed by atoms with Gasteiger partial charge in [-0.05, 0) is 54.4 Å². The van der Waals surface area contributed by atoms with E-state index < -0.39 is 0 Å². The quantitative estimate of drug-likeness (QED) is 0.534. The minimum absolute atomic E-state index is 0.414. The summed E-state index contributed by atoms with van der Waals surface area (Å²) in [5.74, 6) is 0.810. The lowest BCUT2D eigenvalue weighted by Gasteiger charge is -2.10. The highest BCUT2D eigenvalue weighted by molar-refractivity contribution is 6.35. The van der Waals surface area contributed by atoms with Crippen molar-refractivity contribution in [2.24, 2.45) is 0 Å². The standard InChI is InChI=1S/C21H19Cl2NO/c1-15-3-2-4-19(11-15)24-13-16-5-9-20(10-6-16)25-14-17-7-8-18(22)12-21(17)23/h2-12,24H,13-14H2,1H3. The lowest BCUT2D eigenvalue weighted by Crippen LogP contribution is -2.00. The van der Waals surface area contributed by atoms with Crippen LogP contribution in [0.3, 0.4) is 0 Å². The molecule has 0 fully saturated rings. The normalized spacial score (nSPS) is 10.5. The summed E-state index contributed by atoms with van der Waals surface area (Å²) in [5.41, 5.74) is 4.47. The van der Waals surface area contributed by atoms with Crippen LogP contribution in [0.4, 0.5) is 5.69 Å². The fourth-order valence-corrected chi connectivity index (χ4v) is 2.93. The Hall–Kier alpha value is -2.16. The fraction of sp³-hybridized carbons (Fsp3) is 0.143. The van der Waals surface area contributed by atoms with E-state index in [1.165, 1.54) is 11.1 Å². The zero-order valence-electron chi connectivity index (χ0n) is 13.9. The number of anilines is 1. The Labute approximate surface area is 158 Å². The maximum atomic E-state index is 6.16. The third-order valence-electron chi connectivity index (χ3n) is 3.85. The number of hydrogen-bond acceptors (Lipinski definition) is 2. The van der Waals surface area contributed by atoms with Gasteiger partial charge in [0.05, 0.1) is 0 Å². The van der Waals surface area contributed by atoms with Gasteiger partial charge in [-0.15, -0.1) is 0 Å². The van der Waals surface area contributed by atoms with Crippen LogP contribution in [0.2, 0.25) is 10.0 Å². The van der Waals surface area contributed by atoms with Gasteiger partial charge >= 0.3 is 0 Å². The second-order valence-electron chi connectivity index (χ2n) is 5.89. The summed E-state index contributed by atoms with van der Waals surface area (Å²) in [7, 11) is 0. The summed E-state index contributed by atoms with van der Waals surface area (Å²) >= 11 is 12.1. The minimum Gasteiger partial charge on any atom is -0.489 e. The van der Waals surface area contributed by atoms with Gasteiger partial charge in [0.25, 0.3) is 0 Å². The van der Waals surface area contributed by atoms with E-state index in [0.717, 1.165) is 23.5 Å². The van der Waals surface area contributed by atoms with Crippen LogP contribution in [-0.2, 0) is 13.2 Å². The van der Waals surface area contributed by atoms with Crippen molar-refractivity contribution >= 4 is 28.9 Å². The Morgan fingerprint density at radius 3 is 2.44 bits per heavy atom. The van der Waals surface area contributed by atoms with Crippen molar-refractivity contribution in [3.8, 4) is 5.75 Å². The van der Waals surface area contributed by atoms with Crippen LogP contribution in [0.5, 0.6) is 5.75 Å². The van der Waals surface area contributed by atoms with Gasteiger partial charge in [0, 0.05) is 27.8 Å². The number of hydrogen-bond donors (Lipinski definition) is 1. The molecule has 3 rings (SSSR count). The van der Waals surface area contributed by atoms with Crippen molar-refractivity contribution in [1.29, 1.82) is 0 Å². The molecular weight excluding hydrogens is 353 g/mol. The Kier molecular flexibility index (Phi) is 5.85. The highest BCUT2D eigenvalue weighted by Gasteiger charge is 2.03. The molecule has 0 saturated heterocycles. The van der Waals surface area contributed by atoms with E-state index >= 15 is 0 Å². The molecule has 0 aliphatic rings. The van der Waals surface area contributed by atoms with E-state index in [4.69, 9.17) is 27.9 Å². The lowest BCUT2D eigenvalue weighted by atomic mass is 10.2. The zero-order valence-corrected chi connectivity index (χ0v) is 15.4. The number of benzene rings is 3. The first-order chi connectivity index (χ1) is 12.1. The largest absolute Gasteiger partial charge is 0.489 e. The Morgan fingerprint density at radius 1 is 0.920 bits per heavy atom. The molecule has 0 atom stereocenters. The van der Waals surface area contributed by atoms with Crippen molar-refractivity contribution in [1.82, 2.24) is 0 Å². The van der Waals surface area contributed by atoms with E-state index in [9.17, 15) is 0 Å². The molecule has 25 heavy (non-hydrogen) atoms. The van der Waals surface area contributed by atoms with Crippen molar-refractivity contribution in [2.75, 3.05) is 5.32 Å². The van der Waals surface area contributed by atoms with E-state index in [-0.39, 0.29) is 0 Å². The SMILES string of the molecule is Cc1cccc(NCc2ccc(OCc3ccc(Cl)cc3Cl)cc2)c1. The summed E-state index contributed by atoms with van der Waals surface area (Å²) < 4.78 is 5.80. The van der Waals surface area contributed by atoms with E-state index in [0.29, 0.717) is 16.7 Å². The predicted molar refractivity (Wildman–Crippen MR) is 106 cm³/mol. The van der Waals surface area contributed by atoms with Gasteiger partial charge in [-0.2, -0.15) is 0 Å². The molecule has 0 aliphatic heterocycles. The number of ether oxygens (including phenoxy) is 1. The van der Waals surface area contributed by atoms with Gasteiger partial charge < -0.3 is 10.1 Å². The summed E-state index contributed by atoms with van der Waals surface area (Å²) in [6.07, 6.45) is 0. The summed E-state index contributed by atoms with van der Waals surface area (Å²) in [6, 6.07) is 21.8. The van der Waals surface area contributed by atoms with Crippen molar-refractivity contribution in [3.05, 3.63) is 93.5 Å². The molecule has 128 valence electrons. The van der Waals surface area contributed by atoms with Gasteiger partial charge in [0.15, 0.2) is 0 Å². The van der Waals surface area contributed by atoms with Crippen LogP contribution >= 0.6 is 23.2 Å². The first-order valence-corrected chi connectivity index (χ1v) is 8.82. The van der Waals surface area contributed by atoms with Gasteiger partial charge in [-0.1, -0.05) is 53.5 Å². The van der Waals surface area contributed by atoms with Gasteiger partial charge in [0.2, 0.25) is 0 Å². The molecule has 0 amide bonds. The highest BCUT2D eigenvalue weighted by atomic mass is 35.5. The number of nitrogens with one attached hydrogen (secondary N) is 1. The Balaban J connectivity index is 1.55. The zero-order chi connectivity index (χ0) is 17.6. The van der Waals surface area contributed by atoms with Crippen molar-refractivity contribution in [3.63, 3.8) is 0 Å². The van der Waals surface area contributed by atoms with Gasteiger partial charge in [-0.25, -0.2) is 0 Å². The van der Waals surface area contributed by atoms with E-state index in [1.54, 1.807) is 6.07 Å². The van der Waals surface area contributed by atoms with Crippen LogP contribution in [0.1, 0.15) is 16.7 Å². The monoisotopic (exact) mass is 371 g/mol. The number of rotatable bonds is 6. The van der Waals surface area contributed by atoms with Gasteiger partial charge in [-0.3, -0.25) is 0 Å². The van der Waals surface area contributed by atoms with Crippen molar-refractivity contribution in [2.45, 2.75) is 20.1 Å². The predicted octanol–water partition coefficient (Wildman–Crippen LogP) is 6.49. The molecule has 3 aromatic carbocycles. The third-order valence-corrected chi connectivity index (χ3v) is 4.43. The topological polar surface area (TPSA) is 21.3 Å². The first kappa shape index (κ1) is 17.7. The molecule has 2 nitrogen and oxygen atoms in total. The molecule has 0 aromatic heterocycles. The second-order valence-corrected chi connectivity index (χ2v) is 6.74. The Morgan fingerprint density at radius 2 is 1.72 bits per heavy atom. The van der Waals surface area contributed by atoms with Crippen LogP contribution < -0.4 is 10.1 Å². The molecule has 4 heteroatoms. The molecular formula is C21H19Cl2NO. The molecule has 0 unspecified atom stereocenters. The van der Waals surface area contributed by atoms with Crippen LogP contribution in [0, 0.1) is 6.92 Å². The molecule has 1 N–H and O–H groups in total. The molecule has 0 spiro atoms. The fourth-order valence-electron chi connectivity index (χ4n) is 2.46. The summed E-state index contributed by atoms with van der Waals surface area (Å²) in [4.78, 5) is 0. The Bertz CT molecular complexity index is 847. The van der Waals surface area contributed by atoms with Crippen LogP contribution in [0.25, 0.3) is 0 Å². The first-order valence-electron chi connectivity index (χ1n) is 8.06. The molecule has 0 aliphatic carbocycles. The highest BCUT2D eigenvalue weighted by Crippen LogP contribution is 2.23. The minimum atomic E-state index is 0.414. The van der Waals surface area contributed by atoms with Gasteiger partial charge in [0.1, 0.15) is 12.4 Å².